The lowest BCUT2D eigenvalue weighted by atomic mass is 10.1. The van der Waals surface area contributed by atoms with Gasteiger partial charge in [0.1, 0.15) is 0 Å². The summed E-state index contributed by atoms with van der Waals surface area (Å²) in [6.07, 6.45) is 1.31. The zero-order valence-corrected chi connectivity index (χ0v) is 13.5. The number of aromatic carboxylic acids is 1. The Balaban J connectivity index is 1.87. The number of amides is 1. The summed E-state index contributed by atoms with van der Waals surface area (Å²) in [7, 11) is 0. The minimum atomic E-state index is -1.04. The molecule has 0 radical (unpaired) electrons. The van der Waals surface area contributed by atoms with Crippen LogP contribution in [0.3, 0.4) is 0 Å². The molecule has 0 aliphatic rings. The first-order chi connectivity index (χ1) is 11.1. The van der Waals surface area contributed by atoms with E-state index in [2.05, 4.69) is 10.5 Å². The molecule has 0 spiro atoms. The van der Waals surface area contributed by atoms with Gasteiger partial charge < -0.3 is 5.11 Å². The van der Waals surface area contributed by atoms with Gasteiger partial charge in [0.2, 0.25) is 5.91 Å². The van der Waals surface area contributed by atoms with E-state index in [1.54, 1.807) is 30.3 Å². The summed E-state index contributed by atoms with van der Waals surface area (Å²) < 4.78 is 0. The number of hydrogen-bond acceptors (Lipinski definition) is 4. The van der Waals surface area contributed by atoms with Crippen molar-refractivity contribution in [1.82, 2.24) is 5.43 Å². The molecule has 0 fully saturated rings. The number of thioether (sulfide) groups is 1. The van der Waals surface area contributed by atoms with Gasteiger partial charge in [-0.15, -0.1) is 11.8 Å². The van der Waals surface area contributed by atoms with Gasteiger partial charge in [0, 0.05) is 15.5 Å². The second-order valence-electron chi connectivity index (χ2n) is 4.43. The maximum absolute atomic E-state index is 11.7. The number of nitrogens with one attached hydrogen (secondary N) is 1. The molecule has 2 aromatic carbocycles. The van der Waals surface area contributed by atoms with E-state index in [9.17, 15) is 9.59 Å². The fourth-order valence-corrected chi connectivity index (χ4v) is 2.51. The highest BCUT2D eigenvalue weighted by atomic mass is 35.5. The third-order valence-corrected chi connectivity index (χ3v) is 4.03. The molecule has 7 heteroatoms. The first-order valence-corrected chi connectivity index (χ1v) is 7.95. The number of benzene rings is 2. The van der Waals surface area contributed by atoms with Gasteiger partial charge >= 0.3 is 5.97 Å². The van der Waals surface area contributed by atoms with Gasteiger partial charge in [-0.1, -0.05) is 29.8 Å². The molecule has 2 rings (SSSR count). The minimum absolute atomic E-state index is 0.126. The molecule has 1 amide bonds. The Morgan fingerprint density at radius 1 is 1.17 bits per heavy atom. The number of halogens is 1. The van der Waals surface area contributed by atoms with Crippen LogP contribution >= 0.6 is 23.4 Å². The van der Waals surface area contributed by atoms with E-state index in [1.165, 1.54) is 24.0 Å². The van der Waals surface area contributed by atoms with Crippen molar-refractivity contribution in [2.45, 2.75) is 4.90 Å². The second kappa shape index (κ2) is 8.36. The molecule has 0 atom stereocenters. The van der Waals surface area contributed by atoms with Crippen LogP contribution in [0, 0.1) is 0 Å². The Labute approximate surface area is 142 Å². The number of carboxylic acids is 1. The lowest BCUT2D eigenvalue weighted by molar-refractivity contribution is -0.118. The number of carboxylic acid groups (broad SMARTS) is 1. The molecule has 2 aromatic rings. The molecule has 0 heterocycles. The number of nitrogens with zero attached hydrogens (tertiary/aromatic N) is 1. The summed E-state index contributed by atoms with van der Waals surface area (Å²) >= 11 is 7.14. The van der Waals surface area contributed by atoms with Crippen LogP contribution in [0.4, 0.5) is 0 Å². The molecule has 118 valence electrons. The molecule has 5 nitrogen and oxygen atoms in total. The quantitative estimate of drug-likeness (QED) is 0.477. The summed E-state index contributed by atoms with van der Waals surface area (Å²) in [5.41, 5.74) is 2.92. The fourth-order valence-electron chi connectivity index (χ4n) is 1.69. The largest absolute Gasteiger partial charge is 0.478 e. The number of rotatable bonds is 6. The predicted octanol–water partition coefficient (Wildman–Crippen LogP) is 3.28. The molecule has 23 heavy (non-hydrogen) atoms. The van der Waals surface area contributed by atoms with Crippen LogP contribution in [-0.4, -0.2) is 29.0 Å². The standard InChI is InChI=1S/C16H13ClN2O3S/c17-12-5-7-13(8-6-12)23-10-15(20)19-18-9-11-3-1-2-4-14(11)16(21)22/h1-9H,10H2,(H,19,20)(H,21,22)/b18-9+. The number of hydrogen-bond donors (Lipinski definition) is 2. The topological polar surface area (TPSA) is 78.8 Å². The van der Waals surface area contributed by atoms with E-state index in [0.717, 1.165) is 4.90 Å². The maximum Gasteiger partial charge on any atom is 0.336 e. The Kier molecular flexibility index (Phi) is 6.19. The Morgan fingerprint density at radius 3 is 2.57 bits per heavy atom. The van der Waals surface area contributed by atoms with E-state index in [0.29, 0.717) is 10.6 Å². The SMILES string of the molecule is O=C(CSc1ccc(Cl)cc1)N/N=C/c1ccccc1C(=O)O. The molecule has 0 saturated heterocycles. The van der Waals surface area contributed by atoms with Crippen LogP contribution in [0.25, 0.3) is 0 Å². The molecule has 2 N–H and O–H groups in total. The first-order valence-electron chi connectivity index (χ1n) is 6.59. The predicted molar refractivity (Wildman–Crippen MR) is 91.3 cm³/mol. The van der Waals surface area contributed by atoms with Crippen molar-refractivity contribution in [3.8, 4) is 0 Å². The highest BCUT2D eigenvalue weighted by Gasteiger charge is 2.07. The molecule has 0 unspecified atom stereocenters. The van der Waals surface area contributed by atoms with Gasteiger partial charge in [-0.2, -0.15) is 5.10 Å². The number of carbonyl (C=O) groups is 2. The molecule has 0 aromatic heterocycles. The third kappa shape index (κ3) is 5.43. The van der Waals surface area contributed by atoms with E-state index in [4.69, 9.17) is 16.7 Å². The monoisotopic (exact) mass is 348 g/mol. The van der Waals surface area contributed by atoms with E-state index in [-0.39, 0.29) is 17.2 Å². The smallest absolute Gasteiger partial charge is 0.336 e. The average Bonchev–Trinajstić information content (AvgIpc) is 2.54. The zero-order valence-electron chi connectivity index (χ0n) is 11.9. The van der Waals surface area contributed by atoms with E-state index >= 15 is 0 Å². The van der Waals surface area contributed by atoms with Crippen LogP contribution < -0.4 is 5.43 Å². The number of carbonyl (C=O) groups excluding carboxylic acids is 1. The van der Waals surface area contributed by atoms with Crippen molar-refractivity contribution in [2.75, 3.05) is 5.75 Å². The Bertz CT molecular complexity index is 732. The molecule has 0 bridgehead atoms. The summed E-state index contributed by atoms with van der Waals surface area (Å²) in [6.45, 7) is 0. The molecular weight excluding hydrogens is 336 g/mol. The van der Waals surface area contributed by atoms with Crippen molar-refractivity contribution in [2.24, 2.45) is 5.10 Å². The van der Waals surface area contributed by atoms with Crippen molar-refractivity contribution in [3.63, 3.8) is 0 Å². The van der Waals surface area contributed by atoms with Gasteiger partial charge in [0.05, 0.1) is 17.5 Å². The normalized spacial score (nSPS) is 10.7. The molecule has 0 saturated carbocycles. The first kappa shape index (κ1) is 17.1. The van der Waals surface area contributed by atoms with Gasteiger partial charge in [-0.3, -0.25) is 4.79 Å². The third-order valence-electron chi connectivity index (χ3n) is 2.77. The zero-order chi connectivity index (χ0) is 16.7. The minimum Gasteiger partial charge on any atom is -0.478 e. The van der Waals surface area contributed by atoms with Gasteiger partial charge in [0.15, 0.2) is 0 Å². The van der Waals surface area contributed by atoms with Crippen molar-refractivity contribution >= 4 is 41.5 Å². The van der Waals surface area contributed by atoms with Crippen LogP contribution in [0.2, 0.25) is 5.02 Å². The lowest BCUT2D eigenvalue weighted by Crippen LogP contribution is -2.19. The van der Waals surface area contributed by atoms with Crippen LogP contribution in [-0.2, 0) is 4.79 Å². The molecule has 0 aliphatic heterocycles. The van der Waals surface area contributed by atoms with Gasteiger partial charge in [-0.05, 0) is 30.3 Å². The average molecular weight is 349 g/mol. The Morgan fingerprint density at radius 2 is 1.87 bits per heavy atom. The Hall–Kier alpha value is -2.31. The summed E-state index contributed by atoms with van der Waals surface area (Å²) in [6, 6.07) is 13.6. The van der Waals surface area contributed by atoms with Gasteiger partial charge in [0.25, 0.3) is 0 Å². The van der Waals surface area contributed by atoms with E-state index < -0.39 is 5.97 Å². The van der Waals surface area contributed by atoms with Crippen LogP contribution in [0.1, 0.15) is 15.9 Å². The molecular formula is C16H13ClN2O3S. The van der Waals surface area contributed by atoms with E-state index in [1.807, 2.05) is 12.1 Å². The number of hydrazone groups is 1. The van der Waals surface area contributed by atoms with Crippen LogP contribution in [0.15, 0.2) is 58.5 Å². The second-order valence-corrected chi connectivity index (χ2v) is 5.91. The highest BCUT2D eigenvalue weighted by molar-refractivity contribution is 8.00. The summed E-state index contributed by atoms with van der Waals surface area (Å²) in [4.78, 5) is 23.7. The van der Waals surface area contributed by atoms with Crippen molar-refractivity contribution in [3.05, 3.63) is 64.7 Å². The van der Waals surface area contributed by atoms with Crippen LogP contribution in [0.5, 0.6) is 0 Å². The summed E-state index contributed by atoms with van der Waals surface area (Å²) in [5.74, 6) is -1.13. The van der Waals surface area contributed by atoms with Crippen molar-refractivity contribution in [1.29, 1.82) is 0 Å². The summed E-state index contributed by atoms with van der Waals surface area (Å²) in [5, 5.41) is 13.5. The maximum atomic E-state index is 11.7. The highest BCUT2D eigenvalue weighted by Crippen LogP contribution is 2.19. The van der Waals surface area contributed by atoms with Gasteiger partial charge in [-0.25, -0.2) is 10.2 Å². The van der Waals surface area contributed by atoms with Crippen molar-refractivity contribution < 1.29 is 14.7 Å². The lowest BCUT2D eigenvalue weighted by Gasteiger charge is -2.02. The fraction of sp³-hybridized carbons (Fsp3) is 0.0625. The molecule has 0 aliphatic carbocycles.